The number of hydrogen-bond acceptors (Lipinski definition) is 1. The van der Waals surface area contributed by atoms with Gasteiger partial charge in [0.1, 0.15) is 5.82 Å². The molecule has 18 heavy (non-hydrogen) atoms. The highest BCUT2D eigenvalue weighted by molar-refractivity contribution is 5.79. The highest BCUT2D eigenvalue weighted by atomic mass is 19.1. The molecule has 0 unspecified atom stereocenters. The minimum atomic E-state index is -0.189. The van der Waals surface area contributed by atoms with Crippen molar-refractivity contribution in [3.8, 4) is 0 Å². The molecular weight excluding hydrogens is 225 g/mol. The molecule has 0 N–H and O–H groups in total. The fourth-order valence-corrected chi connectivity index (χ4v) is 1.70. The predicted molar refractivity (Wildman–Crippen MR) is 73.6 cm³/mol. The van der Waals surface area contributed by atoms with Crippen LogP contribution in [-0.2, 0) is 0 Å². The van der Waals surface area contributed by atoms with E-state index in [0.717, 1.165) is 11.1 Å². The zero-order valence-corrected chi connectivity index (χ0v) is 10.6. The number of hydrogen-bond donors (Lipinski definition) is 0. The zero-order valence-electron chi connectivity index (χ0n) is 10.6. The average molecular weight is 241 g/mol. The molecule has 0 aliphatic rings. The first-order valence-electron chi connectivity index (χ1n) is 6.01. The van der Waals surface area contributed by atoms with Crippen LogP contribution in [0.3, 0.4) is 0 Å². The number of rotatable bonds is 3. The molecule has 0 saturated carbocycles. The normalized spacial score (nSPS) is 12.8. The van der Waals surface area contributed by atoms with Crippen molar-refractivity contribution in [3.05, 3.63) is 71.0 Å². The molecule has 2 aromatic rings. The molecule has 1 nitrogen and oxygen atoms in total. The van der Waals surface area contributed by atoms with Gasteiger partial charge in [-0.25, -0.2) is 4.39 Å². The van der Waals surface area contributed by atoms with Gasteiger partial charge in [-0.15, -0.1) is 0 Å². The number of nitrogens with zero attached hydrogens (tertiary/aromatic N) is 1. The molecule has 0 bridgehead atoms. The van der Waals surface area contributed by atoms with E-state index in [1.807, 2.05) is 43.3 Å². The van der Waals surface area contributed by atoms with Crippen molar-refractivity contribution in [1.82, 2.24) is 0 Å². The van der Waals surface area contributed by atoms with Gasteiger partial charge in [0, 0.05) is 6.21 Å². The number of halogens is 1. The second-order valence-corrected chi connectivity index (χ2v) is 4.37. The van der Waals surface area contributed by atoms with Crippen LogP contribution in [0.4, 0.5) is 4.39 Å². The van der Waals surface area contributed by atoms with Gasteiger partial charge in [-0.2, -0.15) is 0 Å². The fraction of sp³-hybridized carbons (Fsp3) is 0.188. The summed E-state index contributed by atoms with van der Waals surface area (Å²) in [6, 6.07) is 15.3. The minimum absolute atomic E-state index is 0.0792. The van der Waals surface area contributed by atoms with Crippen molar-refractivity contribution in [2.24, 2.45) is 4.99 Å². The van der Waals surface area contributed by atoms with Crippen molar-refractivity contribution in [2.45, 2.75) is 19.9 Å². The second-order valence-electron chi connectivity index (χ2n) is 4.37. The summed E-state index contributed by atoms with van der Waals surface area (Å²) in [7, 11) is 0. The first kappa shape index (κ1) is 12.5. The topological polar surface area (TPSA) is 12.4 Å². The third-order valence-electron chi connectivity index (χ3n) is 2.93. The maximum atomic E-state index is 13.4. The van der Waals surface area contributed by atoms with Crippen LogP contribution in [0.5, 0.6) is 0 Å². The molecule has 0 spiro atoms. The van der Waals surface area contributed by atoms with Gasteiger partial charge in [-0.1, -0.05) is 42.5 Å². The molecule has 92 valence electrons. The van der Waals surface area contributed by atoms with E-state index in [-0.39, 0.29) is 11.9 Å². The van der Waals surface area contributed by atoms with Crippen LogP contribution in [0.1, 0.15) is 29.7 Å². The molecule has 0 aromatic heterocycles. The summed E-state index contributed by atoms with van der Waals surface area (Å²) in [5.74, 6) is -0.189. The molecule has 0 radical (unpaired) electrons. The lowest BCUT2D eigenvalue weighted by Crippen LogP contribution is -1.92. The Morgan fingerprint density at radius 3 is 2.50 bits per heavy atom. The van der Waals surface area contributed by atoms with Crippen molar-refractivity contribution in [3.63, 3.8) is 0 Å². The summed E-state index contributed by atoms with van der Waals surface area (Å²) >= 11 is 0. The summed E-state index contributed by atoms with van der Waals surface area (Å²) in [6.45, 7) is 3.78. The molecule has 0 amide bonds. The van der Waals surface area contributed by atoms with Crippen LogP contribution in [-0.4, -0.2) is 6.21 Å². The summed E-state index contributed by atoms with van der Waals surface area (Å²) < 4.78 is 13.4. The molecule has 2 rings (SSSR count). The number of benzene rings is 2. The molecule has 2 heteroatoms. The van der Waals surface area contributed by atoms with E-state index < -0.39 is 0 Å². The van der Waals surface area contributed by atoms with Crippen molar-refractivity contribution < 1.29 is 4.39 Å². The van der Waals surface area contributed by atoms with Gasteiger partial charge in [0.15, 0.2) is 0 Å². The van der Waals surface area contributed by atoms with E-state index in [9.17, 15) is 4.39 Å². The van der Waals surface area contributed by atoms with E-state index in [2.05, 4.69) is 4.99 Å². The third-order valence-corrected chi connectivity index (χ3v) is 2.93. The standard InChI is InChI=1S/C16H16FN/c1-12-8-9-14(10-16(12)17)11-18-13(2)15-6-4-3-5-7-15/h3-11,13H,1-2H3/t13-/m0/s1. The van der Waals surface area contributed by atoms with Crippen LogP contribution >= 0.6 is 0 Å². The highest BCUT2D eigenvalue weighted by Crippen LogP contribution is 2.16. The summed E-state index contributed by atoms with van der Waals surface area (Å²) in [5, 5.41) is 0. The smallest absolute Gasteiger partial charge is 0.126 e. The second kappa shape index (κ2) is 5.58. The SMILES string of the molecule is Cc1ccc(C=N[C@@H](C)c2ccccc2)cc1F. The quantitative estimate of drug-likeness (QED) is 0.710. The summed E-state index contributed by atoms with van der Waals surface area (Å²) in [6.07, 6.45) is 1.72. The van der Waals surface area contributed by atoms with E-state index in [1.54, 1.807) is 19.2 Å². The summed E-state index contributed by atoms with van der Waals surface area (Å²) in [4.78, 5) is 4.44. The molecular formula is C16H16FN. The summed E-state index contributed by atoms with van der Waals surface area (Å²) in [5.41, 5.74) is 2.60. The Labute approximate surface area is 107 Å². The Bertz CT molecular complexity index is 546. The Morgan fingerprint density at radius 1 is 1.11 bits per heavy atom. The monoisotopic (exact) mass is 241 g/mol. The first-order valence-corrected chi connectivity index (χ1v) is 6.01. The van der Waals surface area contributed by atoms with Crippen molar-refractivity contribution in [1.29, 1.82) is 0 Å². The maximum absolute atomic E-state index is 13.4. The third kappa shape index (κ3) is 3.04. The lowest BCUT2D eigenvalue weighted by molar-refractivity contribution is 0.618. The Kier molecular flexibility index (Phi) is 3.88. The van der Waals surface area contributed by atoms with Gasteiger partial charge < -0.3 is 0 Å². The average Bonchev–Trinajstić information content (AvgIpc) is 2.41. The lowest BCUT2D eigenvalue weighted by atomic mass is 10.1. The van der Waals surface area contributed by atoms with E-state index in [1.165, 1.54) is 6.07 Å². The predicted octanol–water partition coefficient (Wildman–Crippen LogP) is 4.31. The van der Waals surface area contributed by atoms with Crippen molar-refractivity contribution >= 4 is 6.21 Å². The molecule has 0 saturated heterocycles. The maximum Gasteiger partial charge on any atom is 0.126 e. The van der Waals surface area contributed by atoms with E-state index in [4.69, 9.17) is 0 Å². The lowest BCUT2D eigenvalue weighted by Gasteiger charge is -2.05. The Morgan fingerprint density at radius 2 is 1.83 bits per heavy atom. The van der Waals surface area contributed by atoms with Crippen LogP contribution in [0.25, 0.3) is 0 Å². The molecule has 0 aliphatic heterocycles. The van der Waals surface area contributed by atoms with Crippen LogP contribution in [0.15, 0.2) is 53.5 Å². The minimum Gasteiger partial charge on any atom is -0.285 e. The number of aryl methyl sites for hydroxylation is 1. The molecule has 0 fully saturated rings. The molecule has 2 aromatic carbocycles. The first-order chi connectivity index (χ1) is 8.66. The molecule has 0 aliphatic carbocycles. The van der Waals surface area contributed by atoms with Gasteiger partial charge in [-0.05, 0) is 36.6 Å². The Balaban J connectivity index is 2.13. The van der Waals surface area contributed by atoms with Gasteiger partial charge >= 0.3 is 0 Å². The van der Waals surface area contributed by atoms with Crippen LogP contribution < -0.4 is 0 Å². The fourth-order valence-electron chi connectivity index (χ4n) is 1.70. The van der Waals surface area contributed by atoms with Crippen molar-refractivity contribution in [2.75, 3.05) is 0 Å². The number of aliphatic imine (C=N–C) groups is 1. The van der Waals surface area contributed by atoms with Gasteiger partial charge in [0.05, 0.1) is 6.04 Å². The van der Waals surface area contributed by atoms with Gasteiger partial charge in [-0.3, -0.25) is 4.99 Å². The van der Waals surface area contributed by atoms with Crippen LogP contribution in [0.2, 0.25) is 0 Å². The largest absolute Gasteiger partial charge is 0.285 e. The molecule has 0 heterocycles. The van der Waals surface area contributed by atoms with E-state index >= 15 is 0 Å². The van der Waals surface area contributed by atoms with E-state index in [0.29, 0.717) is 5.56 Å². The van der Waals surface area contributed by atoms with Gasteiger partial charge in [0.2, 0.25) is 0 Å². The molecule has 1 atom stereocenters. The van der Waals surface area contributed by atoms with Gasteiger partial charge in [0.25, 0.3) is 0 Å². The Hall–Kier alpha value is -1.96. The highest BCUT2D eigenvalue weighted by Gasteiger charge is 2.01. The zero-order chi connectivity index (χ0) is 13.0. The van der Waals surface area contributed by atoms with Crippen LogP contribution in [0, 0.1) is 12.7 Å².